The highest BCUT2D eigenvalue weighted by Crippen LogP contribution is 2.18. The van der Waals surface area contributed by atoms with Crippen LogP contribution < -0.4 is 5.56 Å². The Morgan fingerprint density at radius 3 is 2.68 bits per heavy atom. The maximum atomic E-state index is 12.5. The van der Waals surface area contributed by atoms with Crippen LogP contribution in [0.25, 0.3) is 10.9 Å². The number of nitrogens with zero attached hydrogens (tertiary/aromatic N) is 3. The van der Waals surface area contributed by atoms with Gasteiger partial charge in [0, 0.05) is 26.1 Å². The van der Waals surface area contributed by atoms with Crippen LogP contribution in [-0.2, 0) is 16.1 Å². The first-order chi connectivity index (χ1) is 12.0. The summed E-state index contributed by atoms with van der Waals surface area (Å²) in [6.07, 6.45) is 2.66. The lowest BCUT2D eigenvalue weighted by Crippen LogP contribution is -2.40. The van der Waals surface area contributed by atoms with Gasteiger partial charge in [-0.15, -0.1) is 0 Å². The van der Waals surface area contributed by atoms with Crippen molar-refractivity contribution in [2.24, 2.45) is 5.92 Å². The number of para-hydroxylation sites is 1. The number of carbonyl (C=O) groups excluding carboxylic acids is 1. The van der Waals surface area contributed by atoms with Gasteiger partial charge in [0.05, 0.1) is 23.1 Å². The van der Waals surface area contributed by atoms with E-state index < -0.39 is 5.97 Å². The second kappa shape index (κ2) is 7.04. The van der Waals surface area contributed by atoms with Crippen LogP contribution in [0.2, 0.25) is 0 Å². The number of aromatic nitrogens is 2. The first-order valence-corrected chi connectivity index (χ1v) is 8.42. The number of piperidine rings is 1. The van der Waals surface area contributed by atoms with Crippen LogP contribution in [0.15, 0.2) is 29.3 Å². The SMILES string of the molecule is Cc1cccc2c(=O)n(CCC(=O)N3CCC(C(=O)O)CC3)cnc12. The molecule has 1 aromatic heterocycles. The van der Waals surface area contributed by atoms with Crippen molar-refractivity contribution in [2.75, 3.05) is 13.1 Å². The standard InChI is InChI=1S/C18H21N3O4/c1-12-3-2-4-14-16(12)19-11-21(17(14)23)10-7-15(22)20-8-5-13(6-9-20)18(24)25/h2-4,11,13H,5-10H2,1H3,(H,24,25). The van der Waals surface area contributed by atoms with E-state index in [-0.39, 0.29) is 30.3 Å². The molecule has 0 radical (unpaired) electrons. The number of hydrogen-bond acceptors (Lipinski definition) is 4. The maximum absolute atomic E-state index is 12.5. The molecule has 1 aliphatic rings. The second-order valence-electron chi connectivity index (χ2n) is 6.46. The Kier molecular flexibility index (Phi) is 4.83. The van der Waals surface area contributed by atoms with Gasteiger partial charge in [0.1, 0.15) is 0 Å². The number of likely N-dealkylation sites (tertiary alicyclic amines) is 1. The van der Waals surface area contributed by atoms with Gasteiger partial charge < -0.3 is 10.0 Å². The van der Waals surface area contributed by atoms with Crippen LogP contribution in [0, 0.1) is 12.8 Å². The van der Waals surface area contributed by atoms with Crippen molar-refractivity contribution in [2.45, 2.75) is 32.7 Å². The first kappa shape index (κ1) is 17.1. The fraction of sp³-hybridized carbons (Fsp3) is 0.444. The van der Waals surface area contributed by atoms with Crippen LogP contribution >= 0.6 is 0 Å². The number of aliphatic carboxylic acids is 1. The lowest BCUT2D eigenvalue weighted by atomic mass is 9.97. The lowest BCUT2D eigenvalue weighted by Gasteiger charge is -2.30. The van der Waals surface area contributed by atoms with Crippen LogP contribution in [0.4, 0.5) is 0 Å². The quantitative estimate of drug-likeness (QED) is 0.906. The third-order valence-electron chi connectivity index (χ3n) is 4.82. The molecule has 7 heteroatoms. The zero-order valence-electron chi connectivity index (χ0n) is 14.1. The monoisotopic (exact) mass is 343 g/mol. The lowest BCUT2D eigenvalue weighted by molar-refractivity contribution is -0.145. The Balaban J connectivity index is 1.65. The molecule has 3 rings (SSSR count). The summed E-state index contributed by atoms with van der Waals surface area (Å²) in [6, 6.07) is 5.47. The van der Waals surface area contributed by atoms with E-state index in [1.807, 2.05) is 19.1 Å². The van der Waals surface area contributed by atoms with Crippen molar-refractivity contribution in [3.05, 3.63) is 40.4 Å². The van der Waals surface area contributed by atoms with Crippen molar-refractivity contribution in [1.29, 1.82) is 0 Å². The fourth-order valence-corrected chi connectivity index (χ4v) is 3.25. The molecule has 2 heterocycles. The van der Waals surface area contributed by atoms with Gasteiger partial charge in [0.2, 0.25) is 5.91 Å². The third kappa shape index (κ3) is 3.55. The van der Waals surface area contributed by atoms with Gasteiger partial charge in [-0.05, 0) is 31.4 Å². The number of carbonyl (C=O) groups is 2. The van der Waals surface area contributed by atoms with E-state index in [1.54, 1.807) is 11.0 Å². The molecule has 7 nitrogen and oxygen atoms in total. The van der Waals surface area contributed by atoms with Gasteiger partial charge in [-0.2, -0.15) is 0 Å². The highest BCUT2D eigenvalue weighted by atomic mass is 16.4. The Morgan fingerprint density at radius 2 is 2.00 bits per heavy atom. The second-order valence-corrected chi connectivity index (χ2v) is 6.46. The number of hydrogen-bond donors (Lipinski definition) is 1. The molecule has 2 aromatic rings. The molecule has 1 fully saturated rings. The van der Waals surface area contributed by atoms with E-state index in [0.29, 0.717) is 36.8 Å². The topological polar surface area (TPSA) is 92.5 Å². The summed E-state index contributed by atoms with van der Waals surface area (Å²) in [5.41, 5.74) is 1.48. The minimum atomic E-state index is -0.795. The average molecular weight is 343 g/mol. The molecule has 0 atom stereocenters. The number of carboxylic acid groups (broad SMARTS) is 1. The molecule has 0 bridgehead atoms. The molecular formula is C18H21N3O4. The largest absolute Gasteiger partial charge is 0.481 e. The maximum Gasteiger partial charge on any atom is 0.306 e. The summed E-state index contributed by atoms with van der Waals surface area (Å²) in [7, 11) is 0. The van der Waals surface area contributed by atoms with Crippen molar-refractivity contribution in [3.8, 4) is 0 Å². The van der Waals surface area contributed by atoms with Crippen molar-refractivity contribution in [1.82, 2.24) is 14.5 Å². The van der Waals surface area contributed by atoms with Gasteiger partial charge in [-0.3, -0.25) is 19.0 Å². The predicted molar refractivity (Wildman–Crippen MR) is 92.3 cm³/mol. The zero-order chi connectivity index (χ0) is 18.0. The molecule has 1 aromatic carbocycles. The Hall–Kier alpha value is -2.70. The van der Waals surface area contributed by atoms with Gasteiger partial charge in [0.15, 0.2) is 0 Å². The van der Waals surface area contributed by atoms with Gasteiger partial charge >= 0.3 is 5.97 Å². The summed E-state index contributed by atoms with van der Waals surface area (Å²) < 4.78 is 1.46. The molecule has 1 N–H and O–H groups in total. The molecule has 0 spiro atoms. The molecule has 0 saturated carbocycles. The van der Waals surface area contributed by atoms with Crippen LogP contribution in [0.5, 0.6) is 0 Å². The summed E-state index contributed by atoms with van der Waals surface area (Å²) in [5.74, 6) is -1.21. The first-order valence-electron chi connectivity index (χ1n) is 8.42. The van der Waals surface area contributed by atoms with E-state index in [1.165, 1.54) is 10.9 Å². The Bertz CT molecular complexity index is 866. The number of fused-ring (bicyclic) bond motifs is 1. The summed E-state index contributed by atoms with van der Waals surface area (Å²) in [5, 5.41) is 9.56. The van der Waals surface area contributed by atoms with Crippen molar-refractivity contribution >= 4 is 22.8 Å². The number of benzene rings is 1. The molecule has 1 aliphatic heterocycles. The van der Waals surface area contributed by atoms with Gasteiger partial charge in [-0.25, -0.2) is 4.98 Å². The van der Waals surface area contributed by atoms with Crippen LogP contribution in [0.3, 0.4) is 0 Å². The van der Waals surface area contributed by atoms with Crippen molar-refractivity contribution < 1.29 is 14.7 Å². The molecular weight excluding hydrogens is 322 g/mol. The van der Waals surface area contributed by atoms with Gasteiger partial charge in [-0.1, -0.05) is 12.1 Å². The Labute approximate surface area is 144 Å². The summed E-state index contributed by atoms with van der Waals surface area (Å²) in [6.45, 7) is 3.09. The molecule has 0 aliphatic carbocycles. The number of carboxylic acids is 1. The van der Waals surface area contributed by atoms with Crippen LogP contribution in [-0.4, -0.2) is 44.5 Å². The smallest absolute Gasteiger partial charge is 0.306 e. The molecule has 0 unspecified atom stereocenters. The fourth-order valence-electron chi connectivity index (χ4n) is 3.25. The number of aryl methyl sites for hydroxylation is 2. The molecule has 132 valence electrons. The van der Waals surface area contributed by atoms with Crippen LogP contribution in [0.1, 0.15) is 24.8 Å². The third-order valence-corrected chi connectivity index (χ3v) is 4.82. The molecule has 1 saturated heterocycles. The zero-order valence-corrected chi connectivity index (χ0v) is 14.1. The number of amides is 1. The van der Waals surface area contributed by atoms with Crippen molar-refractivity contribution in [3.63, 3.8) is 0 Å². The number of rotatable bonds is 4. The van der Waals surface area contributed by atoms with E-state index >= 15 is 0 Å². The average Bonchev–Trinajstić information content (AvgIpc) is 2.61. The van der Waals surface area contributed by atoms with Gasteiger partial charge in [0.25, 0.3) is 5.56 Å². The predicted octanol–water partition coefficient (Wildman–Crippen LogP) is 1.42. The molecule has 1 amide bonds. The van der Waals surface area contributed by atoms with E-state index in [0.717, 1.165) is 5.56 Å². The minimum Gasteiger partial charge on any atom is -0.481 e. The molecule has 25 heavy (non-hydrogen) atoms. The van der Waals surface area contributed by atoms with E-state index in [9.17, 15) is 14.4 Å². The summed E-state index contributed by atoms with van der Waals surface area (Å²) in [4.78, 5) is 41.8. The highest BCUT2D eigenvalue weighted by Gasteiger charge is 2.26. The van der Waals surface area contributed by atoms with E-state index in [2.05, 4.69) is 4.98 Å². The summed E-state index contributed by atoms with van der Waals surface area (Å²) >= 11 is 0. The van der Waals surface area contributed by atoms with E-state index in [4.69, 9.17) is 5.11 Å². The Morgan fingerprint density at radius 1 is 1.28 bits per heavy atom. The minimum absolute atomic E-state index is 0.0555. The highest BCUT2D eigenvalue weighted by molar-refractivity contribution is 5.80. The normalized spacial score (nSPS) is 15.5.